The van der Waals surface area contributed by atoms with Crippen molar-refractivity contribution in [2.24, 2.45) is 0 Å². The topological polar surface area (TPSA) is 81.2 Å². The predicted molar refractivity (Wildman–Crippen MR) is 200 cm³/mol. The summed E-state index contributed by atoms with van der Waals surface area (Å²) in [6.07, 6.45) is 0. The molecule has 0 aliphatic rings. The summed E-state index contributed by atoms with van der Waals surface area (Å²) in [5.41, 5.74) is 11.7. The molecule has 5 nitrogen and oxygen atoms in total. The highest BCUT2D eigenvalue weighted by Gasteiger charge is 2.18. The number of nitrogens with zero attached hydrogens (tertiary/aromatic N) is 5. The first-order valence-corrected chi connectivity index (χ1v) is 16.3. The van der Waals surface area contributed by atoms with Gasteiger partial charge in [-0.25, -0.2) is 0 Å². The van der Waals surface area contributed by atoms with Crippen molar-refractivity contribution in [3.63, 3.8) is 0 Å². The third-order valence-electron chi connectivity index (χ3n) is 9.64. The molecule has 0 amide bonds. The zero-order valence-electron chi connectivity index (χ0n) is 26.7. The van der Waals surface area contributed by atoms with Gasteiger partial charge in [0, 0.05) is 38.4 Å². The van der Waals surface area contributed by atoms with Crippen LogP contribution >= 0.6 is 0 Å². The second kappa shape index (κ2) is 11.4. The van der Waals surface area contributed by atoms with Gasteiger partial charge in [0.25, 0.3) is 0 Å². The Balaban J connectivity index is 1.18. The average molecular weight is 636 g/mol. The van der Waals surface area contributed by atoms with Crippen LogP contribution in [0, 0.1) is 34.0 Å². The van der Waals surface area contributed by atoms with Crippen LogP contribution in [0.3, 0.4) is 0 Å². The molecule has 0 aliphatic heterocycles. The third kappa shape index (κ3) is 4.38. The zero-order chi connectivity index (χ0) is 33.8. The van der Waals surface area contributed by atoms with Crippen LogP contribution in [0.1, 0.15) is 16.7 Å². The molecule has 7 aromatic carbocycles. The van der Waals surface area contributed by atoms with Crippen LogP contribution in [0.4, 0.5) is 0 Å². The van der Waals surface area contributed by atoms with Crippen molar-refractivity contribution < 1.29 is 0 Å². The Hall–Kier alpha value is -7.39. The lowest BCUT2D eigenvalue weighted by Crippen LogP contribution is -1.98. The second-order valence-corrected chi connectivity index (χ2v) is 12.3. The minimum Gasteiger partial charge on any atom is -0.309 e. The molecule has 9 aromatic rings. The van der Waals surface area contributed by atoms with Crippen molar-refractivity contribution in [1.29, 1.82) is 15.8 Å². The maximum absolute atomic E-state index is 10.2. The SMILES string of the molecule is N#Cc1ccc2c(c1)c1ccc(C#N)cc1n2-c1ccccc1-c1ccc(-c2cc(-n3c4ccccc4c4ccccc43)ccc2C#N)cc1. The number of para-hydroxylation sites is 3. The molecule has 5 heteroatoms. The van der Waals surface area contributed by atoms with Gasteiger partial charge >= 0.3 is 0 Å². The summed E-state index contributed by atoms with van der Waals surface area (Å²) < 4.78 is 4.45. The maximum Gasteiger partial charge on any atom is 0.0998 e. The minimum absolute atomic E-state index is 0.570. The van der Waals surface area contributed by atoms with Gasteiger partial charge in [-0.3, -0.25) is 0 Å². The summed E-state index contributed by atoms with van der Waals surface area (Å²) in [6, 6.07) is 57.9. The van der Waals surface area contributed by atoms with Gasteiger partial charge in [-0.05, 0) is 77.9 Å². The summed E-state index contributed by atoms with van der Waals surface area (Å²) in [6.45, 7) is 0. The van der Waals surface area contributed by atoms with Crippen LogP contribution in [0.15, 0.2) is 152 Å². The highest BCUT2D eigenvalue weighted by molar-refractivity contribution is 6.11. The molecular formula is C45H25N5. The van der Waals surface area contributed by atoms with Gasteiger partial charge in [0.05, 0.1) is 62.7 Å². The fourth-order valence-corrected chi connectivity index (χ4v) is 7.37. The van der Waals surface area contributed by atoms with E-state index in [4.69, 9.17) is 0 Å². The lowest BCUT2D eigenvalue weighted by Gasteiger charge is -2.15. The fraction of sp³-hybridized carbons (Fsp3) is 0. The fourth-order valence-electron chi connectivity index (χ4n) is 7.37. The van der Waals surface area contributed by atoms with Crippen LogP contribution in [-0.2, 0) is 0 Å². The lowest BCUT2D eigenvalue weighted by atomic mass is 9.96. The molecule has 230 valence electrons. The van der Waals surface area contributed by atoms with E-state index in [9.17, 15) is 15.8 Å². The van der Waals surface area contributed by atoms with E-state index >= 15 is 0 Å². The van der Waals surface area contributed by atoms with E-state index in [1.807, 2.05) is 60.7 Å². The first-order chi connectivity index (χ1) is 24.7. The molecule has 0 spiro atoms. The van der Waals surface area contributed by atoms with Crippen LogP contribution in [-0.4, -0.2) is 9.13 Å². The average Bonchev–Trinajstić information content (AvgIpc) is 3.69. The molecule has 0 N–H and O–H groups in total. The molecule has 0 aliphatic carbocycles. The molecule has 0 fully saturated rings. The zero-order valence-corrected chi connectivity index (χ0v) is 26.7. The largest absolute Gasteiger partial charge is 0.309 e. The van der Waals surface area contributed by atoms with E-state index in [0.29, 0.717) is 16.7 Å². The summed E-state index contributed by atoms with van der Waals surface area (Å²) in [7, 11) is 0. The number of hydrogen-bond acceptors (Lipinski definition) is 3. The molecule has 0 saturated carbocycles. The minimum atomic E-state index is 0.570. The standard InChI is InChI=1S/C45H25N5/c46-26-29-14-22-44-40(23-29)38-21-13-30(27-47)24-45(38)50(44)41-10-4-1-7-35(41)31-15-17-32(18-16-31)39-25-34(20-19-33(39)28-48)49-42-11-5-2-8-36(42)37-9-3-6-12-43(37)49/h1-25H. The molecule has 2 heterocycles. The highest BCUT2D eigenvalue weighted by atomic mass is 15.0. The first-order valence-electron chi connectivity index (χ1n) is 16.3. The Bertz CT molecular complexity index is 2900. The van der Waals surface area contributed by atoms with E-state index < -0.39 is 0 Å². The van der Waals surface area contributed by atoms with Gasteiger partial charge in [0.2, 0.25) is 0 Å². The molecule has 0 saturated heterocycles. The quantitative estimate of drug-likeness (QED) is 0.193. The van der Waals surface area contributed by atoms with Gasteiger partial charge in [-0.1, -0.05) is 84.9 Å². The van der Waals surface area contributed by atoms with Gasteiger partial charge in [-0.2, -0.15) is 15.8 Å². The normalized spacial score (nSPS) is 11.1. The lowest BCUT2D eigenvalue weighted by molar-refractivity contribution is 1.18. The summed E-state index contributed by atoms with van der Waals surface area (Å²) in [5, 5.41) is 33.9. The van der Waals surface area contributed by atoms with Crippen molar-refractivity contribution in [3.8, 4) is 51.8 Å². The number of hydrogen-bond donors (Lipinski definition) is 0. The van der Waals surface area contributed by atoms with Crippen molar-refractivity contribution in [1.82, 2.24) is 9.13 Å². The van der Waals surface area contributed by atoms with Crippen molar-refractivity contribution in [2.75, 3.05) is 0 Å². The summed E-state index contributed by atoms with van der Waals surface area (Å²) >= 11 is 0. The molecule has 0 unspecified atom stereocenters. The highest BCUT2D eigenvalue weighted by Crippen LogP contribution is 2.38. The number of fused-ring (bicyclic) bond motifs is 6. The Morgan fingerprint density at radius 3 is 1.66 bits per heavy atom. The molecule has 9 rings (SSSR count). The van der Waals surface area contributed by atoms with E-state index in [1.165, 1.54) is 10.8 Å². The summed E-state index contributed by atoms with van der Waals surface area (Å²) in [5.74, 6) is 0. The van der Waals surface area contributed by atoms with Crippen LogP contribution in [0.5, 0.6) is 0 Å². The molecule has 50 heavy (non-hydrogen) atoms. The van der Waals surface area contributed by atoms with E-state index in [0.717, 1.165) is 66.5 Å². The second-order valence-electron chi connectivity index (χ2n) is 12.3. The van der Waals surface area contributed by atoms with Crippen LogP contribution in [0.25, 0.3) is 77.2 Å². The summed E-state index contributed by atoms with van der Waals surface area (Å²) in [4.78, 5) is 0. The monoisotopic (exact) mass is 635 g/mol. The van der Waals surface area contributed by atoms with Crippen molar-refractivity contribution in [2.45, 2.75) is 0 Å². The Kier molecular flexibility index (Phi) is 6.56. The Morgan fingerprint density at radius 1 is 0.380 bits per heavy atom. The number of benzene rings is 7. The smallest absolute Gasteiger partial charge is 0.0998 e. The molecular weight excluding hydrogens is 611 g/mol. The van der Waals surface area contributed by atoms with Gasteiger partial charge in [0.15, 0.2) is 0 Å². The van der Waals surface area contributed by atoms with Crippen molar-refractivity contribution in [3.05, 3.63) is 168 Å². The van der Waals surface area contributed by atoms with Gasteiger partial charge in [0.1, 0.15) is 0 Å². The van der Waals surface area contributed by atoms with Gasteiger partial charge in [-0.15, -0.1) is 0 Å². The molecule has 0 bridgehead atoms. The number of nitriles is 3. The molecule has 0 atom stereocenters. The van der Waals surface area contributed by atoms with E-state index in [2.05, 4.69) is 118 Å². The number of aromatic nitrogens is 2. The van der Waals surface area contributed by atoms with E-state index in [1.54, 1.807) is 0 Å². The number of rotatable bonds is 4. The maximum atomic E-state index is 10.2. The molecule has 0 radical (unpaired) electrons. The van der Waals surface area contributed by atoms with Crippen LogP contribution in [0.2, 0.25) is 0 Å². The predicted octanol–water partition coefficient (Wildman–Crippen LogP) is 10.8. The Labute approximate surface area is 287 Å². The van der Waals surface area contributed by atoms with Crippen LogP contribution < -0.4 is 0 Å². The molecule has 2 aromatic heterocycles. The van der Waals surface area contributed by atoms with Gasteiger partial charge < -0.3 is 9.13 Å². The van der Waals surface area contributed by atoms with E-state index in [-0.39, 0.29) is 0 Å². The first kappa shape index (κ1) is 28.8. The Morgan fingerprint density at radius 2 is 0.960 bits per heavy atom. The van der Waals surface area contributed by atoms with Crippen molar-refractivity contribution >= 4 is 43.6 Å². The third-order valence-corrected chi connectivity index (χ3v) is 9.64.